The molecule has 0 N–H and O–H groups in total. The average molecular weight is 236 g/mol. The van der Waals surface area contributed by atoms with Crippen LogP contribution in [0.3, 0.4) is 0 Å². The van der Waals surface area contributed by atoms with Gasteiger partial charge >= 0.3 is 0 Å². The summed E-state index contributed by atoms with van der Waals surface area (Å²) in [6.07, 6.45) is 12.6. The van der Waals surface area contributed by atoms with E-state index in [2.05, 4.69) is 27.4 Å². The summed E-state index contributed by atoms with van der Waals surface area (Å²) in [4.78, 5) is 0. The second-order valence-electron chi connectivity index (χ2n) is 6.37. The summed E-state index contributed by atoms with van der Waals surface area (Å²) >= 11 is 0. The molecule has 0 nitrogen and oxygen atoms in total. The van der Waals surface area contributed by atoms with Crippen LogP contribution in [0.25, 0.3) is 0 Å². The van der Waals surface area contributed by atoms with Gasteiger partial charge in [-0.1, -0.05) is 65.0 Å². The van der Waals surface area contributed by atoms with Crippen LogP contribution in [0.2, 0.25) is 0 Å². The molecule has 0 heteroatoms. The van der Waals surface area contributed by atoms with E-state index in [1.54, 1.807) is 0 Å². The van der Waals surface area contributed by atoms with Crippen LogP contribution in [0.5, 0.6) is 0 Å². The molecule has 0 aromatic heterocycles. The molecule has 0 heterocycles. The van der Waals surface area contributed by atoms with Gasteiger partial charge in [-0.15, -0.1) is 0 Å². The fraction of sp³-hybridized carbons (Fsp3) is 0.882. The summed E-state index contributed by atoms with van der Waals surface area (Å²) in [5, 5.41) is 0. The van der Waals surface area contributed by atoms with Gasteiger partial charge in [-0.05, 0) is 43.4 Å². The molecule has 1 rings (SSSR count). The third-order valence-corrected chi connectivity index (χ3v) is 4.73. The van der Waals surface area contributed by atoms with Gasteiger partial charge in [0.2, 0.25) is 0 Å². The van der Waals surface area contributed by atoms with Gasteiger partial charge in [-0.3, -0.25) is 0 Å². The molecule has 1 aliphatic carbocycles. The quantitative estimate of drug-likeness (QED) is 0.455. The normalized spacial score (nSPS) is 23.9. The summed E-state index contributed by atoms with van der Waals surface area (Å²) in [7, 11) is 0. The topological polar surface area (TPSA) is 0 Å². The van der Waals surface area contributed by atoms with E-state index in [9.17, 15) is 0 Å². The minimum atomic E-state index is 0.868. The number of hydrogen-bond donors (Lipinski definition) is 0. The second-order valence-corrected chi connectivity index (χ2v) is 6.37. The van der Waals surface area contributed by atoms with E-state index < -0.39 is 0 Å². The molecule has 0 saturated heterocycles. The molecule has 1 fully saturated rings. The highest BCUT2D eigenvalue weighted by Crippen LogP contribution is 2.34. The minimum absolute atomic E-state index is 0.868. The molecule has 0 amide bonds. The van der Waals surface area contributed by atoms with Crippen LogP contribution in [0.1, 0.15) is 78.6 Å². The first-order valence-corrected chi connectivity index (χ1v) is 7.81. The molecule has 0 aromatic rings. The zero-order valence-corrected chi connectivity index (χ0v) is 12.3. The van der Waals surface area contributed by atoms with Gasteiger partial charge in [0, 0.05) is 0 Å². The first-order chi connectivity index (χ1) is 8.13. The first-order valence-electron chi connectivity index (χ1n) is 7.81. The van der Waals surface area contributed by atoms with Gasteiger partial charge in [-0.2, -0.15) is 0 Å². The molecule has 0 bridgehead atoms. The lowest BCUT2D eigenvalue weighted by Crippen LogP contribution is -2.02. The lowest BCUT2D eigenvalue weighted by atomic mass is 9.90. The highest BCUT2D eigenvalue weighted by molar-refractivity contribution is 5.05. The summed E-state index contributed by atoms with van der Waals surface area (Å²) in [6.45, 7) is 11.3. The van der Waals surface area contributed by atoms with Crippen molar-refractivity contribution in [2.75, 3.05) is 0 Å². The highest BCUT2D eigenvalue weighted by atomic mass is 14.2. The Labute approximate surface area is 109 Å². The van der Waals surface area contributed by atoms with Gasteiger partial charge < -0.3 is 0 Å². The Kier molecular flexibility index (Phi) is 6.92. The molecule has 1 aliphatic rings. The smallest absolute Gasteiger partial charge is 0.0206 e. The Hall–Kier alpha value is -0.260. The maximum absolute atomic E-state index is 4.21. The van der Waals surface area contributed by atoms with Crippen LogP contribution < -0.4 is 0 Å². The van der Waals surface area contributed by atoms with Crippen molar-refractivity contribution in [3.8, 4) is 0 Å². The Balaban J connectivity index is 2.04. The van der Waals surface area contributed by atoms with Crippen LogP contribution in [0.15, 0.2) is 12.2 Å². The number of allylic oxidation sites excluding steroid dienone is 1. The molecular weight excluding hydrogens is 204 g/mol. The Morgan fingerprint density at radius 3 is 2.47 bits per heavy atom. The van der Waals surface area contributed by atoms with Crippen molar-refractivity contribution in [2.24, 2.45) is 17.8 Å². The van der Waals surface area contributed by atoms with Crippen molar-refractivity contribution in [2.45, 2.75) is 78.6 Å². The van der Waals surface area contributed by atoms with E-state index in [1.165, 1.54) is 63.4 Å². The van der Waals surface area contributed by atoms with E-state index in [0.29, 0.717) is 0 Å². The van der Waals surface area contributed by atoms with E-state index >= 15 is 0 Å². The van der Waals surface area contributed by atoms with Crippen LogP contribution >= 0.6 is 0 Å². The van der Waals surface area contributed by atoms with E-state index in [1.807, 2.05) is 0 Å². The van der Waals surface area contributed by atoms with E-state index in [4.69, 9.17) is 0 Å². The second kappa shape index (κ2) is 7.95. The summed E-state index contributed by atoms with van der Waals surface area (Å²) in [5.41, 5.74) is 1.54. The molecular formula is C17H32. The van der Waals surface area contributed by atoms with Crippen molar-refractivity contribution >= 4 is 0 Å². The van der Waals surface area contributed by atoms with Crippen LogP contribution in [0, 0.1) is 17.8 Å². The maximum Gasteiger partial charge on any atom is -0.0206 e. The summed E-state index contributed by atoms with van der Waals surface area (Å²) in [5.74, 6) is 2.72. The van der Waals surface area contributed by atoms with Crippen molar-refractivity contribution < 1.29 is 0 Å². The van der Waals surface area contributed by atoms with Gasteiger partial charge in [-0.25, -0.2) is 0 Å². The van der Waals surface area contributed by atoms with Gasteiger partial charge in [0.15, 0.2) is 0 Å². The summed E-state index contributed by atoms with van der Waals surface area (Å²) < 4.78 is 0. The lowest BCUT2D eigenvalue weighted by Gasteiger charge is -2.16. The minimum Gasteiger partial charge on any atom is -0.0996 e. The largest absolute Gasteiger partial charge is 0.0996 e. The monoisotopic (exact) mass is 236 g/mol. The molecule has 0 radical (unpaired) electrons. The maximum atomic E-state index is 4.21. The molecule has 0 aliphatic heterocycles. The van der Waals surface area contributed by atoms with Crippen LogP contribution in [-0.4, -0.2) is 0 Å². The zero-order valence-electron chi connectivity index (χ0n) is 12.3. The van der Waals surface area contributed by atoms with Gasteiger partial charge in [0.05, 0.1) is 0 Å². The summed E-state index contributed by atoms with van der Waals surface area (Å²) in [6, 6.07) is 0. The predicted octanol–water partition coefficient (Wildman–Crippen LogP) is 5.98. The molecule has 0 spiro atoms. The van der Waals surface area contributed by atoms with E-state index in [0.717, 1.165) is 17.8 Å². The molecule has 100 valence electrons. The van der Waals surface area contributed by atoms with Crippen molar-refractivity contribution in [1.29, 1.82) is 0 Å². The highest BCUT2D eigenvalue weighted by Gasteiger charge is 2.19. The van der Waals surface area contributed by atoms with Gasteiger partial charge in [0.1, 0.15) is 0 Å². The van der Waals surface area contributed by atoms with Crippen LogP contribution in [-0.2, 0) is 0 Å². The first kappa shape index (κ1) is 14.8. The SMILES string of the molecule is C=C1CCCC1CCC(C)CCCC(C)CC. The molecule has 1 saturated carbocycles. The van der Waals surface area contributed by atoms with E-state index in [-0.39, 0.29) is 0 Å². The molecule has 0 aromatic carbocycles. The Morgan fingerprint density at radius 2 is 1.88 bits per heavy atom. The predicted molar refractivity (Wildman–Crippen MR) is 78.2 cm³/mol. The lowest BCUT2D eigenvalue weighted by molar-refractivity contribution is 0.391. The van der Waals surface area contributed by atoms with Crippen molar-refractivity contribution in [3.05, 3.63) is 12.2 Å². The third kappa shape index (κ3) is 5.75. The third-order valence-electron chi connectivity index (χ3n) is 4.73. The van der Waals surface area contributed by atoms with Crippen LogP contribution in [0.4, 0.5) is 0 Å². The Morgan fingerprint density at radius 1 is 1.18 bits per heavy atom. The van der Waals surface area contributed by atoms with Gasteiger partial charge in [0.25, 0.3) is 0 Å². The Bertz CT molecular complexity index is 216. The van der Waals surface area contributed by atoms with Crippen molar-refractivity contribution in [3.63, 3.8) is 0 Å². The van der Waals surface area contributed by atoms with Crippen molar-refractivity contribution in [1.82, 2.24) is 0 Å². The number of rotatable bonds is 8. The molecule has 3 atom stereocenters. The fourth-order valence-corrected chi connectivity index (χ4v) is 2.98. The average Bonchev–Trinajstić information content (AvgIpc) is 2.72. The molecule has 17 heavy (non-hydrogen) atoms. The number of hydrogen-bond acceptors (Lipinski definition) is 0. The molecule has 3 unspecified atom stereocenters. The standard InChI is InChI=1S/C17H32/c1-5-14(2)8-6-9-15(3)12-13-17-11-7-10-16(17)4/h14-15,17H,4-13H2,1-3H3. The zero-order chi connectivity index (χ0) is 12.7. The fourth-order valence-electron chi connectivity index (χ4n) is 2.98.